The summed E-state index contributed by atoms with van der Waals surface area (Å²) in [6.07, 6.45) is -1.43. The maximum Gasteiger partial charge on any atom is 0.123 e. The van der Waals surface area contributed by atoms with Crippen molar-refractivity contribution in [3.05, 3.63) is 47.5 Å². The van der Waals surface area contributed by atoms with Crippen molar-refractivity contribution in [2.45, 2.75) is 44.0 Å². The summed E-state index contributed by atoms with van der Waals surface area (Å²) in [5.41, 5.74) is 2.64. The van der Waals surface area contributed by atoms with E-state index in [2.05, 4.69) is 0 Å². The minimum absolute atomic E-state index is 0.0381. The van der Waals surface area contributed by atoms with E-state index in [1.165, 1.54) is 6.07 Å². The van der Waals surface area contributed by atoms with Crippen LogP contribution < -0.4 is 0 Å². The van der Waals surface area contributed by atoms with E-state index in [9.17, 15) is 25.5 Å². The zero-order chi connectivity index (χ0) is 17.3. The largest absolute Gasteiger partial charge is 0.507 e. The number of hydrogen-bond donors (Lipinski definition) is 5. The molecule has 1 aliphatic carbocycles. The molecule has 1 aliphatic rings. The minimum atomic E-state index is -1.02. The molecule has 128 valence electrons. The Morgan fingerprint density at radius 3 is 2.00 bits per heavy atom. The van der Waals surface area contributed by atoms with Crippen LogP contribution in [0.4, 0.5) is 0 Å². The first-order chi connectivity index (χ1) is 11.4. The molecule has 5 heteroatoms. The normalized spacial score (nSPS) is 24.5. The molecule has 0 amide bonds. The van der Waals surface area contributed by atoms with Crippen molar-refractivity contribution >= 4 is 0 Å². The van der Waals surface area contributed by atoms with Crippen LogP contribution in [0.2, 0.25) is 0 Å². The molecule has 0 heterocycles. The van der Waals surface area contributed by atoms with Crippen LogP contribution in [0.1, 0.15) is 24.0 Å². The number of aliphatic hydroxyl groups excluding tert-OH is 3. The molecular weight excluding hydrogens is 308 g/mol. The van der Waals surface area contributed by atoms with Gasteiger partial charge >= 0.3 is 0 Å². The molecular formula is C19H22O5. The smallest absolute Gasteiger partial charge is 0.123 e. The van der Waals surface area contributed by atoms with Crippen molar-refractivity contribution in [3.8, 4) is 22.6 Å². The molecule has 3 rings (SSSR count). The number of aromatic hydroxyl groups is 2. The summed E-state index contributed by atoms with van der Waals surface area (Å²) in [7, 11) is 0. The lowest BCUT2D eigenvalue weighted by Gasteiger charge is -2.20. The molecule has 2 aromatic rings. The molecule has 4 bridgehead atoms. The van der Waals surface area contributed by atoms with Gasteiger partial charge in [-0.1, -0.05) is 12.1 Å². The first-order valence-corrected chi connectivity index (χ1v) is 8.12. The summed E-state index contributed by atoms with van der Waals surface area (Å²) in [5, 5.41) is 50.7. The molecule has 0 aliphatic heterocycles. The fourth-order valence-corrected chi connectivity index (χ4v) is 3.14. The lowest BCUT2D eigenvalue weighted by atomic mass is 9.96. The molecule has 0 fully saturated rings. The summed E-state index contributed by atoms with van der Waals surface area (Å²) >= 11 is 0. The van der Waals surface area contributed by atoms with Crippen LogP contribution >= 0.6 is 0 Å². The summed E-state index contributed by atoms with van der Waals surface area (Å²) in [6, 6.07) is 10.0. The van der Waals surface area contributed by atoms with Crippen LogP contribution in [0.25, 0.3) is 11.1 Å². The van der Waals surface area contributed by atoms with Crippen LogP contribution in [0.15, 0.2) is 36.4 Å². The molecule has 0 saturated carbocycles. The van der Waals surface area contributed by atoms with Gasteiger partial charge in [0.2, 0.25) is 0 Å². The van der Waals surface area contributed by atoms with Crippen molar-refractivity contribution in [3.63, 3.8) is 0 Å². The Hall–Kier alpha value is -2.08. The molecule has 5 N–H and O–H groups in total. The Labute approximate surface area is 140 Å². The highest BCUT2D eigenvalue weighted by Gasteiger charge is 2.22. The molecule has 2 aromatic carbocycles. The summed E-state index contributed by atoms with van der Waals surface area (Å²) < 4.78 is 0. The third kappa shape index (κ3) is 3.53. The van der Waals surface area contributed by atoms with Gasteiger partial charge in [0.25, 0.3) is 0 Å². The zero-order valence-corrected chi connectivity index (χ0v) is 13.3. The second-order valence-electron chi connectivity index (χ2n) is 6.47. The van der Waals surface area contributed by atoms with Crippen LogP contribution in [-0.4, -0.2) is 43.8 Å². The van der Waals surface area contributed by atoms with Gasteiger partial charge in [0.15, 0.2) is 0 Å². The van der Waals surface area contributed by atoms with E-state index in [0.717, 1.165) is 11.1 Å². The average Bonchev–Trinajstić information content (AvgIpc) is 2.55. The predicted molar refractivity (Wildman–Crippen MR) is 89.9 cm³/mol. The van der Waals surface area contributed by atoms with Gasteiger partial charge in [0.05, 0.1) is 18.3 Å². The van der Waals surface area contributed by atoms with E-state index < -0.39 is 18.3 Å². The molecule has 5 nitrogen and oxygen atoms in total. The number of phenols is 2. The van der Waals surface area contributed by atoms with Gasteiger partial charge < -0.3 is 25.5 Å². The van der Waals surface area contributed by atoms with Gasteiger partial charge in [-0.3, -0.25) is 0 Å². The molecule has 0 radical (unpaired) electrons. The SMILES string of the molecule is Oc1ccc2cc1-c1cc(ccc1O)CC(O)C(O)CC(O)CC2. The Morgan fingerprint density at radius 1 is 0.750 bits per heavy atom. The Balaban J connectivity index is 2.09. The second-order valence-corrected chi connectivity index (χ2v) is 6.47. The third-order valence-electron chi connectivity index (χ3n) is 4.58. The Kier molecular flexibility index (Phi) is 4.76. The zero-order valence-electron chi connectivity index (χ0n) is 13.3. The van der Waals surface area contributed by atoms with E-state index in [0.29, 0.717) is 24.0 Å². The predicted octanol–water partition coefficient (Wildman–Crippen LogP) is 1.73. The van der Waals surface area contributed by atoms with Gasteiger partial charge in [0.1, 0.15) is 11.5 Å². The first-order valence-electron chi connectivity index (χ1n) is 8.12. The monoisotopic (exact) mass is 330 g/mol. The van der Waals surface area contributed by atoms with E-state index in [-0.39, 0.29) is 24.3 Å². The Bertz CT molecular complexity index is 728. The van der Waals surface area contributed by atoms with Crippen LogP contribution in [-0.2, 0) is 12.8 Å². The van der Waals surface area contributed by atoms with Crippen LogP contribution in [0, 0.1) is 0 Å². The van der Waals surface area contributed by atoms with E-state index in [1.54, 1.807) is 30.3 Å². The highest BCUT2D eigenvalue weighted by Crippen LogP contribution is 2.37. The Morgan fingerprint density at radius 2 is 1.33 bits per heavy atom. The van der Waals surface area contributed by atoms with E-state index >= 15 is 0 Å². The maximum absolute atomic E-state index is 10.2. The quantitative estimate of drug-likeness (QED) is 0.506. The van der Waals surface area contributed by atoms with Crippen LogP contribution in [0.3, 0.4) is 0 Å². The van der Waals surface area contributed by atoms with Crippen molar-refractivity contribution < 1.29 is 25.5 Å². The van der Waals surface area contributed by atoms with Crippen molar-refractivity contribution in [2.75, 3.05) is 0 Å². The molecule has 0 aromatic heterocycles. The van der Waals surface area contributed by atoms with Gasteiger partial charge in [-0.25, -0.2) is 0 Å². The van der Waals surface area contributed by atoms with Crippen molar-refractivity contribution in [2.24, 2.45) is 0 Å². The standard InChI is InChI=1S/C19H22O5/c20-13-4-1-11-2-5-16(21)14(7-11)15-8-12(3-6-17(15)22)9-18(23)19(24)10-13/h2-3,5-8,13,18-24H,1,4,9-10H2. The van der Waals surface area contributed by atoms with Gasteiger partial charge in [-0.2, -0.15) is 0 Å². The molecule has 0 spiro atoms. The van der Waals surface area contributed by atoms with Crippen LogP contribution in [0.5, 0.6) is 11.5 Å². The number of aliphatic hydroxyl groups is 3. The maximum atomic E-state index is 10.2. The third-order valence-corrected chi connectivity index (χ3v) is 4.58. The average molecular weight is 330 g/mol. The fourth-order valence-electron chi connectivity index (χ4n) is 3.14. The summed E-state index contributed by atoms with van der Waals surface area (Å²) in [4.78, 5) is 0. The topological polar surface area (TPSA) is 101 Å². The van der Waals surface area contributed by atoms with E-state index in [4.69, 9.17) is 0 Å². The lowest BCUT2D eigenvalue weighted by molar-refractivity contribution is -0.0128. The number of fused-ring (bicyclic) bond motifs is 5. The highest BCUT2D eigenvalue weighted by atomic mass is 16.3. The lowest BCUT2D eigenvalue weighted by Crippen LogP contribution is -2.31. The molecule has 24 heavy (non-hydrogen) atoms. The fraction of sp³-hybridized carbons (Fsp3) is 0.368. The van der Waals surface area contributed by atoms with Crippen molar-refractivity contribution in [1.29, 1.82) is 0 Å². The summed E-state index contributed by atoms with van der Waals surface area (Å²) in [5.74, 6) is 0.0957. The minimum Gasteiger partial charge on any atom is -0.507 e. The number of benzene rings is 2. The van der Waals surface area contributed by atoms with Gasteiger partial charge in [-0.15, -0.1) is 0 Å². The summed E-state index contributed by atoms with van der Waals surface area (Å²) in [6.45, 7) is 0. The van der Waals surface area contributed by atoms with Crippen molar-refractivity contribution in [1.82, 2.24) is 0 Å². The number of hydrogen-bond acceptors (Lipinski definition) is 5. The molecule has 3 unspecified atom stereocenters. The first kappa shape index (κ1) is 16.8. The second kappa shape index (κ2) is 6.81. The molecule has 0 saturated heterocycles. The van der Waals surface area contributed by atoms with Gasteiger partial charge in [0, 0.05) is 24.0 Å². The molecule has 3 atom stereocenters. The number of rotatable bonds is 0. The van der Waals surface area contributed by atoms with Gasteiger partial charge in [-0.05, 0) is 48.2 Å². The highest BCUT2D eigenvalue weighted by molar-refractivity contribution is 5.76. The van der Waals surface area contributed by atoms with E-state index in [1.807, 2.05) is 0 Å². The number of phenolic OH excluding ortho intramolecular Hbond substituents is 2. The number of aryl methyl sites for hydroxylation is 1.